The summed E-state index contributed by atoms with van der Waals surface area (Å²) in [6.45, 7) is 0.496. The molecule has 2 aromatic carbocycles. The van der Waals surface area contributed by atoms with Crippen molar-refractivity contribution in [3.8, 4) is 5.75 Å². The number of ether oxygens (including phenoxy) is 2. The zero-order chi connectivity index (χ0) is 15.2. The van der Waals surface area contributed by atoms with Crippen LogP contribution in [0.5, 0.6) is 5.75 Å². The van der Waals surface area contributed by atoms with Gasteiger partial charge in [0.15, 0.2) is 0 Å². The highest BCUT2D eigenvalue weighted by Crippen LogP contribution is 2.20. The second kappa shape index (κ2) is 6.74. The fraction of sp³-hybridized carbons (Fsp3) is 0.188. The number of rotatable bonds is 5. The van der Waals surface area contributed by atoms with Crippen molar-refractivity contribution in [1.82, 2.24) is 0 Å². The van der Waals surface area contributed by atoms with Crippen LogP contribution < -0.4 is 10.1 Å². The third kappa shape index (κ3) is 3.51. The molecule has 2 aromatic rings. The van der Waals surface area contributed by atoms with Crippen LogP contribution in [0.4, 0.5) is 10.1 Å². The molecule has 0 saturated carbocycles. The lowest BCUT2D eigenvalue weighted by Gasteiger charge is -2.11. The van der Waals surface area contributed by atoms with E-state index in [0.717, 1.165) is 11.3 Å². The number of esters is 1. The summed E-state index contributed by atoms with van der Waals surface area (Å²) in [5, 5.41) is 3.13. The Morgan fingerprint density at radius 2 is 1.95 bits per heavy atom. The highest BCUT2D eigenvalue weighted by Gasteiger charge is 2.12. The fourth-order valence-corrected chi connectivity index (χ4v) is 1.95. The number of anilines is 1. The zero-order valence-corrected chi connectivity index (χ0v) is 11.9. The molecule has 0 saturated heterocycles. The van der Waals surface area contributed by atoms with Gasteiger partial charge in [-0.3, -0.25) is 0 Å². The van der Waals surface area contributed by atoms with Crippen molar-refractivity contribution in [2.24, 2.45) is 0 Å². The number of carbonyl (C=O) groups excluding carboxylic acids is 1. The number of methoxy groups -OCH3 is 2. The van der Waals surface area contributed by atoms with Crippen molar-refractivity contribution in [2.45, 2.75) is 6.54 Å². The molecular formula is C16H16FNO3. The van der Waals surface area contributed by atoms with E-state index < -0.39 is 11.8 Å². The van der Waals surface area contributed by atoms with Crippen molar-refractivity contribution >= 4 is 11.7 Å². The van der Waals surface area contributed by atoms with Crippen LogP contribution in [0.2, 0.25) is 0 Å². The quantitative estimate of drug-likeness (QED) is 0.858. The van der Waals surface area contributed by atoms with Gasteiger partial charge in [0.25, 0.3) is 0 Å². The third-order valence-corrected chi connectivity index (χ3v) is 3.05. The SMILES string of the molecule is COC(=O)c1cc(NCc2ccccc2OC)ccc1F. The van der Waals surface area contributed by atoms with Gasteiger partial charge >= 0.3 is 5.97 Å². The van der Waals surface area contributed by atoms with Gasteiger partial charge in [-0.25, -0.2) is 9.18 Å². The molecule has 0 atom stereocenters. The summed E-state index contributed by atoms with van der Waals surface area (Å²) in [4.78, 5) is 11.5. The minimum absolute atomic E-state index is 0.0949. The average molecular weight is 289 g/mol. The second-order valence-corrected chi connectivity index (χ2v) is 4.35. The number of para-hydroxylation sites is 1. The van der Waals surface area contributed by atoms with Crippen LogP contribution in [0, 0.1) is 5.82 Å². The predicted octanol–water partition coefficient (Wildman–Crippen LogP) is 3.23. The first-order valence-corrected chi connectivity index (χ1v) is 6.39. The number of carbonyl (C=O) groups is 1. The summed E-state index contributed by atoms with van der Waals surface area (Å²) in [6, 6.07) is 11.8. The molecule has 0 spiro atoms. The Balaban J connectivity index is 2.15. The van der Waals surface area contributed by atoms with Gasteiger partial charge in [0, 0.05) is 17.8 Å². The van der Waals surface area contributed by atoms with Gasteiger partial charge in [0.05, 0.1) is 19.8 Å². The molecule has 2 rings (SSSR count). The number of hydrogen-bond donors (Lipinski definition) is 1. The van der Waals surface area contributed by atoms with Gasteiger partial charge in [-0.1, -0.05) is 18.2 Å². The van der Waals surface area contributed by atoms with Crippen molar-refractivity contribution in [3.05, 3.63) is 59.4 Å². The van der Waals surface area contributed by atoms with Crippen LogP contribution in [0.3, 0.4) is 0 Å². The smallest absolute Gasteiger partial charge is 0.340 e. The second-order valence-electron chi connectivity index (χ2n) is 4.35. The van der Waals surface area contributed by atoms with E-state index in [9.17, 15) is 9.18 Å². The number of benzene rings is 2. The predicted molar refractivity (Wildman–Crippen MR) is 78.1 cm³/mol. The van der Waals surface area contributed by atoms with E-state index >= 15 is 0 Å². The monoisotopic (exact) mass is 289 g/mol. The molecule has 0 heterocycles. The highest BCUT2D eigenvalue weighted by atomic mass is 19.1. The lowest BCUT2D eigenvalue weighted by atomic mass is 10.1. The largest absolute Gasteiger partial charge is 0.496 e. The van der Waals surface area contributed by atoms with Gasteiger partial charge in [0.2, 0.25) is 0 Å². The average Bonchev–Trinajstić information content (AvgIpc) is 2.53. The Bertz CT molecular complexity index is 643. The molecule has 0 bridgehead atoms. The maximum Gasteiger partial charge on any atom is 0.340 e. The van der Waals surface area contributed by atoms with Crippen LogP contribution in [0.15, 0.2) is 42.5 Å². The Morgan fingerprint density at radius 3 is 2.67 bits per heavy atom. The zero-order valence-electron chi connectivity index (χ0n) is 11.9. The van der Waals surface area contributed by atoms with Gasteiger partial charge in [-0.2, -0.15) is 0 Å². The molecule has 0 aliphatic heterocycles. The summed E-state index contributed by atoms with van der Waals surface area (Å²) in [5.74, 6) is -0.543. The molecule has 0 aliphatic carbocycles. The number of halogens is 1. The Labute approximate surface area is 122 Å². The summed E-state index contributed by atoms with van der Waals surface area (Å²) >= 11 is 0. The first-order valence-electron chi connectivity index (χ1n) is 6.39. The van der Waals surface area contributed by atoms with Crippen molar-refractivity contribution < 1.29 is 18.7 Å². The van der Waals surface area contributed by atoms with Crippen molar-refractivity contribution in [2.75, 3.05) is 19.5 Å². The molecule has 21 heavy (non-hydrogen) atoms. The Hall–Kier alpha value is -2.56. The normalized spacial score (nSPS) is 10.0. The molecule has 5 heteroatoms. The van der Waals surface area contributed by atoms with Crippen LogP contribution in [-0.2, 0) is 11.3 Å². The van der Waals surface area contributed by atoms with Crippen LogP contribution >= 0.6 is 0 Å². The van der Waals surface area contributed by atoms with E-state index in [0.29, 0.717) is 12.2 Å². The van der Waals surface area contributed by atoms with Crippen molar-refractivity contribution in [1.29, 1.82) is 0 Å². The topological polar surface area (TPSA) is 47.6 Å². The van der Waals surface area contributed by atoms with Gasteiger partial charge in [-0.05, 0) is 24.3 Å². The maximum absolute atomic E-state index is 13.5. The molecule has 1 N–H and O–H groups in total. The summed E-state index contributed by atoms with van der Waals surface area (Å²) in [6.07, 6.45) is 0. The first-order chi connectivity index (χ1) is 10.2. The Morgan fingerprint density at radius 1 is 1.19 bits per heavy atom. The first kappa shape index (κ1) is 14.8. The summed E-state index contributed by atoms with van der Waals surface area (Å²) < 4.78 is 23.3. The third-order valence-electron chi connectivity index (χ3n) is 3.05. The van der Waals surface area contributed by atoms with E-state index in [-0.39, 0.29) is 5.56 Å². The lowest BCUT2D eigenvalue weighted by molar-refractivity contribution is 0.0595. The van der Waals surface area contributed by atoms with Crippen LogP contribution in [-0.4, -0.2) is 20.2 Å². The van der Waals surface area contributed by atoms with Gasteiger partial charge < -0.3 is 14.8 Å². The fourth-order valence-electron chi connectivity index (χ4n) is 1.95. The molecular weight excluding hydrogens is 273 g/mol. The molecule has 0 fully saturated rings. The van der Waals surface area contributed by atoms with Gasteiger partial charge in [-0.15, -0.1) is 0 Å². The van der Waals surface area contributed by atoms with Crippen LogP contribution in [0.1, 0.15) is 15.9 Å². The maximum atomic E-state index is 13.5. The van der Waals surface area contributed by atoms with E-state index in [1.165, 1.54) is 19.2 Å². The molecule has 0 unspecified atom stereocenters. The molecule has 4 nitrogen and oxygen atoms in total. The van der Waals surface area contributed by atoms with E-state index in [2.05, 4.69) is 10.1 Å². The molecule has 0 aliphatic rings. The van der Waals surface area contributed by atoms with E-state index in [4.69, 9.17) is 4.74 Å². The summed E-state index contributed by atoms with van der Waals surface area (Å²) in [5.41, 5.74) is 1.49. The molecule has 0 amide bonds. The van der Waals surface area contributed by atoms with Crippen molar-refractivity contribution in [3.63, 3.8) is 0 Å². The number of hydrogen-bond acceptors (Lipinski definition) is 4. The lowest BCUT2D eigenvalue weighted by Crippen LogP contribution is -2.07. The molecule has 110 valence electrons. The Kier molecular flexibility index (Phi) is 4.77. The van der Waals surface area contributed by atoms with E-state index in [1.54, 1.807) is 13.2 Å². The van der Waals surface area contributed by atoms with E-state index in [1.807, 2.05) is 24.3 Å². The van der Waals surface area contributed by atoms with Crippen LogP contribution in [0.25, 0.3) is 0 Å². The molecule has 0 radical (unpaired) electrons. The molecule has 0 aromatic heterocycles. The van der Waals surface area contributed by atoms with Gasteiger partial charge in [0.1, 0.15) is 11.6 Å². The highest BCUT2D eigenvalue weighted by molar-refractivity contribution is 5.90. The summed E-state index contributed by atoms with van der Waals surface area (Å²) in [7, 11) is 2.82. The minimum Gasteiger partial charge on any atom is -0.496 e. The standard InChI is InChI=1S/C16H16FNO3/c1-20-15-6-4-3-5-11(15)10-18-12-7-8-14(17)13(9-12)16(19)21-2/h3-9,18H,10H2,1-2H3. The minimum atomic E-state index is -0.701. The number of nitrogens with one attached hydrogen (secondary N) is 1.